The Hall–Kier alpha value is -1.67. The summed E-state index contributed by atoms with van der Waals surface area (Å²) in [4.78, 5) is 1.85. The van der Waals surface area contributed by atoms with Crippen molar-refractivity contribution in [2.45, 2.75) is 42.0 Å². The van der Waals surface area contributed by atoms with Crippen molar-refractivity contribution in [3.63, 3.8) is 0 Å². The zero-order valence-corrected chi connectivity index (χ0v) is 15.4. The lowest BCUT2D eigenvalue weighted by Crippen LogP contribution is -2.30. The van der Waals surface area contributed by atoms with Gasteiger partial charge in [-0.1, -0.05) is 43.8 Å². The average Bonchev–Trinajstić information content (AvgIpc) is 2.55. The molecule has 0 amide bonds. The molecule has 0 atom stereocenters. The molecule has 8 heteroatoms. The fraction of sp³-hybridized carbons (Fsp3) is 0.294. The molecule has 1 N–H and O–H groups in total. The highest BCUT2D eigenvalue weighted by Gasteiger charge is 2.46. The van der Waals surface area contributed by atoms with Crippen molar-refractivity contribution in [3.05, 3.63) is 53.6 Å². The molecule has 0 fully saturated rings. The Labute approximate surface area is 149 Å². The van der Waals surface area contributed by atoms with Crippen molar-refractivity contribution in [1.82, 2.24) is 0 Å². The smallest absolute Gasteiger partial charge is 0.275 e. The van der Waals surface area contributed by atoms with Gasteiger partial charge in [-0.2, -0.15) is 21.6 Å². The van der Waals surface area contributed by atoms with Crippen LogP contribution in [0.3, 0.4) is 0 Å². The van der Waals surface area contributed by atoms with Crippen LogP contribution < -0.4 is 4.72 Å². The van der Waals surface area contributed by atoms with Crippen molar-refractivity contribution in [2.75, 3.05) is 4.72 Å². The van der Waals surface area contributed by atoms with Crippen molar-refractivity contribution >= 4 is 27.5 Å². The number of sulfonamides is 1. The number of rotatable bonds is 6. The molecule has 0 aliphatic rings. The van der Waals surface area contributed by atoms with Gasteiger partial charge in [0.25, 0.3) is 0 Å². The van der Waals surface area contributed by atoms with Crippen molar-refractivity contribution in [3.8, 4) is 0 Å². The standard InChI is InChI=1S/C17H18F3NO2S2/c1-3-12-10-15(24-14-8-6-5-7-9-14)11-13(4-2)16(12)21-25(22,23)17(18,19)20/h5-11,21H,3-4H2,1-2H3. The number of nitrogens with one attached hydrogen (secondary N) is 1. The minimum absolute atomic E-state index is 0.0275. The molecule has 0 unspecified atom stereocenters. The summed E-state index contributed by atoms with van der Waals surface area (Å²) in [6.45, 7) is 3.55. The highest BCUT2D eigenvalue weighted by atomic mass is 32.2. The van der Waals surface area contributed by atoms with Gasteiger partial charge in [0.15, 0.2) is 0 Å². The van der Waals surface area contributed by atoms with E-state index >= 15 is 0 Å². The van der Waals surface area contributed by atoms with Gasteiger partial charge in [-0.15, -0.1) is 0 Å². The third-order valence-corrected chi connectivity index (χ3v) is 5.62. The fourth-order valence-corrected chi connectivity index (χ4v) is 3.91. The van der Waals surface area contributed by atoms with E-state index < -0.39 is 15.5 Å². The van der Waals surface area contributed by atoms with E-state index in [0.717, 1.165) is 9.79 Å². The molecule has 0 heterocycles. The molecule has 2 aromatic carbocycles. The number of aryl methyl sites for hydroxylation is 2. The summed E-state index contributed by atoms with van der Waals surface area (Å²) < 4.78 is 62.8. The second-order valence-corrected chi connectivity index (χ2v) is 8.11. The summed E-state index contributed by atoms with van der Waals surface area (Å²) in [5.74, 6) is 0. The summed E-state index contributed by atoms with van der Waals surface area (Å²) in [6, 6.07) is 13.0. The Kier molecular flexibility index (Phi) is 6.05. The maximum absolute atomic E-state index is 12.7. The molecule has 0 bridgehead atoms. The van der Waals surface area contributed by atoms with Gasteiger partial charge in [0.05, 0.1) is 5.69 Å². The van der Waals surface area contributed by atoms with Gasteiger partial charge in [-0.05, 0) is 48.2 Å². The molecular weight excluding hydrogens is 371 g/mol. The lowest BCUT2D eigenvalue weighted by molar-refractivity contribution is -0.0429. The van der Waals surface area contributed by atoms with E-state index in [1.807, 2.05) is 30.3 Å². The van der Waals surface area contributed by atoms with Crippen LogP contribution in [0.5, 0.6) is 0 Å². The van der Waals surface area contributed by atoms with Crippen molar-refractivity contribution in [1.29, 1.82) is 0 Å². The van der Waals surface area contributed by atoms with Crippen molar-refractivity contribution in [2.24, 2.45) is 0 Å². The zero-order chi connectivity index (χ0) is 18.7. The van der Waals surface area contributed by atoms with Crippen LogP contribution in [-0.2, 0) is 22.9 Å². The van der Waals surface area contributed by atoms with E-state index in [1.165, 1.54) is 11.8 Å². The minimum atomic E-state index is -5.44. The van der Waals surface area contributed by atoms with Crippen LogP contribution in [0.2, 0.25) is 0 Å². The van der Waals surface area contributed by atoms with Crippen LogP contribution in [-0.4, -0.2) is 13.9 Å². The zero-order valence-electron chi connectivity index (χ0n) is 13.7. The van der Waals surface area contributed by atoms with Gasteiger partial charge < -0.3 is 0 Å². The Morgan fingerprint density at radius 3 is 1.92 bits per heavy atom. The molecule has 0 aromatic heterocycles. The predicted octanol–water partition coefficient (Wildman–Crippen LogP) is 5.22. The second-order valence-electron chi connectivity index (χ2n) is 5.29. The van der Waals surface area contributed by atoms with Crippen LogP contribution in [0.1, 0.15) is 25.0 Å². The van der Waals surface area contributed by atoms with Crippen LogP contribution in [0.4, 0.5) is 18.9 Å². The molecule has 136 valence electrons. The highest BCUT2D eigenvalue weighted by molar-refractivity contribution is 7.99. The number of alkyl halides is 3. The van der Waals surface area contributed by atoms with Gasteiger partial charge in [0, 0.05) is 9.79 Å². The lowest BCUT2D eigenvalue weighted by atomic mass is 10.0. The third kappa shape index (κ3) is 4.70. The number of hydrogen-bond acceptors (Lipinski definition) is 3. The normalized spacial score (nSPS) is 12.2. The molecule has 0 aliphatic heterocycles. The first kappa shape index (κ1) is 19.7. The maximum atomic E-state index is 12.7. The van der Waals surface area contributed by atoms with Crippen LogP contribution in [0, 0.1) is 0 Å². The number of hydrogen-bond donors (Lipinski definition) is 1. The van der Waals surface area contributed by atoms with Gasteiger partial charge in [-0.3, -0.25) is 4.72 Å². The predicted molar refractivity (Wildman–Crippen MR) is 94.4 cm³/mol. The van der Waals surface area contributed by atoms with Gasteiger partial charge in [0.2, 0.25) is 0 Å². The summed E-state index contributed by atoms with van der Waals surface area (Å²) in [5.41, 5.74) is -4.25. The minimum Gasteiger partial charge on any atom is -0.275 e. The fourth-order valence-electron chi connectivity index (χ4n) is 2.30. The first-order valence-electron chi connectivity index (χ1n) is 7.65. The summed E-state index contributed by atoms with van der Waals surface area (Å²) in [6.07, 6.45) is 0.817. The molecule has 0 spiro atoms. The van der Waals surface area contributed by atoms with Gasteiger partial charge in [0.1, 0.15) is 0 Å². The van der Waals surface area contributed by atoms with Gasteiger partial charge >= 0.3 is 15.5 Å². The Morgan fingerprint density at radius 2 is 1.48 bits per heavy atom. The molecule has 2 rings (SSSR count). The first-order valence-corrected chi connectivity index (χ1v) is 9.95. The average molecular weight is 389 g/mol. The molecule has 0 radical (unpaired) electrons. The SMILES string of the molecule is CCc1cc(Sc2ccccc2)cc(CC)c1NS(=O)(=O)C(F)(F)F. The maximum Gasteiger partial charge on any atom is 0.516 e. The summed E-state index contributed by atoms with van der Waals surface area (Å²) in [7, 11) is -5.44. The lowest BCUT2D eigenvalue weighted by Gasteiger charge is -2.18. The van der Waals surface area contributed by atoms with E-state index in [-0.39, 0.29) is 5.69 Å². The second kappa shape index (κ2) is 7.70. The van der Waals surface area contributed by atoms with E-state index in [9.17, 15) is 21.6 Å². The molecule has 0 aliphatic carbocycles. The van der Waals surface area contributed by atoms with E-state index in [0.29, 0.717) is 24.0 Å². The van der Waals surface area contributed by atoms with E-state index in [1.54, 1.807) is 30.7 Å². The quantitative estimate of drug-likeness (QED) is 0.736. The summed E-state index contributed by atoms with van der Waals surface area (Å²) in [5, 5.41) is 0. The summed E-state index contributed by atoms with van der Waals surface area (Å²) >= 11 is 1.48. The Bertz CT molecular complexity index is 810. The first-order chi connectivity index (χ1) is 11.7. The highest BCUT2D eigenvalue weighted by Crippen LogP contribution is 2.35. The monoisotopic (exact) mass is 389 g/mol. The molecule has 3 nitrogen and oxygen atoms in total. The molecule has 2 aromatic rings. The Morgan fingerprint density at radius 1 is 0.960 bits per heavy atom. The Balaban J connectivity index is 2.44. The number of benzene rings is 2. The molecule has 0 saturated heterocycles. The molecule has 0 saturated carbocycles. The van der Waals surface area contributed by atoms with Crippen molar-refractivity contribution < 1.29 is 21.6 Å². The van der Waals surface area contributed by atoms with Crippen LogP contribution in [0.25, 0.3) is 0 Å². The van der Waals surface area contributed by atoms with Crippen LogP contribution in [0.15, 0.2) is 52.3 Å². The molecular formula is C17H18F3NO2S2. The molecule has 25 heavy (non-hydrogen) atoms. The largest absolute Gasteiger partial charge is 0.516 e. The van der Waals surface area contributed by atoms with Gasteiger partial charge in [-0.25, -0.2) is 0 Å². The third-order valence-electron chi connectivity index (χ3n) is 3.56. The topological polar surface area (TPSA) is 46.2 Å². The number of halogens is 3. The van der Waals surface area contributed by atoms with E-state index in [2.05, 4.69) is 0 Å². The number of anilines is 1. The van der Waals surface area contributed by atoms with E-state index in [4.69, 9.17) is 0 Å². The van der Waals surface area contributed by atoms with Crippen LogP contribution >= 0.6 is 11.8 Å².